The lowest BCUT2D eigenvalue weighted by Crippen LogP contribution is -2.31. The van der Waals surface area contributed by atoms with E-state index in [1.54, 1.807) is 65.7 Å². The van der Waals surface area contributed by atoms with Crippen LogP contribution in [0.5, 0.6) is 0 Å². The van der Waals surface area contributed by atoms with E-state index in [0.29, 0.717) is 58.7 Å². The van der Waals surface area contributed by atoms with Crippen LogP contribution in [0.25, 0.3) is 17.3 Å². The molecule has 1 fully saturated rings. The van der Waals surface area contributed by atoms with Gasteiger partial charge in [0.2, 0.25) is 5.95 Å². The number of allylic oxidation sites excluding steroid dienone is 1. The van der Waals surface area contributed by atoms with Gasteiger partial charge in [-0.1, -0.05) is 42.0 Å². The number of carbonyl (C=O) groups is 1. The van der Waals surface area contributed by atoms with Gasteiger partial charge in [-0.05, 0) is 55.7 Å². The number of halogens is 1. The van der Waals surface area contributed by atoms with Gasteiger partial charge < -0.3 is 16.0 Å². The highest BCUT2D eigenvalue weighted by molar-refractivity contribution is 7.90. The topological polar surface area (TPSA) is 123 Å². The standard InChI is InChI=1S/C29H27ClN6O3S/c30-25-16-32-29(33-21-14-15-35(17-21)28(37)19-10-12-20(31)13-11-19)34-27(25)24-18-36(26-9-5-4-8-23(24)26)40(38,39)22-6-2-1-3-7-22/h1-4,6-8,10-13,16,18,21H,5,9,14-15,17,31H2,(H,32,33,34)/t21-/m0/s1. The molecule has 1 amide bonds. The summed E-state index contributed by atoms with van der Waals surface area (Å²) in [5.41, 5.74) is 9.48. The van der Waals surface area contributed by atoms with E-state index < -0.39 is 10.0 Å². The van der Waals surface area contributed by atoms with Gasteiger partial charge in [0.15, 0.2) is 0 Å². The highest BCUT2D eigenvalue weighted by Crippen LogP contribution is 2.37. The van der Waals surface area contributed by atoms with Crippen molar-refractivity contribution < 1.29 is 13.2 Å². The van der Waals surface area contributed by atoms with E-state index >= 15 is 0 Å². The molecule has 0 radical (unpaired) electrons. The van der Waals surface area contributed by atoms with Crippen molar-refractivity contribution in [3.8, 4) is 11.3 Å². The molecule has 9 nitrogen and oxygen atoms in total. The van der Waals surface area contributed by atoms with Crippen molar-refractivity contribution in [2.45, 2.75) is 30.2 Å². The van der Waals surface area contributed by atoms with Crippen LogP contribution in [0.3, 0.4) is 0 Å². The summed E-state index contributed by atoms with van der Waals surface area (Å²) in [7, 11) is -3.81. The lowest BCUT2D eigenvalue weighted by atomic mass is 10.0. The van der Waals surface area contributed by atoms with E-state index in [-0.39, 0.29) is 16.8 Å². The van der Waals surface area contributed by atoms with Crippen molar-refractivity contribution in [1.82, 2.24) is 18.8 Å². The number of nitrogens with zero attached hydrogens (tertiary/aromatic N) is 4. The molecule has 1 saturated heterocycles. The lowest BCUT2D eigenvalue weighted by molar-refractivity contribution is 0.0791. The van der Waals surface area contributed by atoms with Crippen LogP contribution in [0, 0.1) is 0 Å². The molecule has 2 aliphatic rings. The van der Waals surface area contributed by atoms with Crippen molar-refractivity contribution >= 4 is 45.2 Å². The van der Waals surface area contributed by atoms with Crippen LogP contribution in [-0.4, -0.2) is 52.3 Å². The minimum atomic E-state index is -3.81. The molecule has 2 aromatic carbocycles. The number of likely N-dealkylation sites (tertiary alicyclic amines) is 1. The fourth-order valence-electron chi connectivity index (χ4n) is 5.18. The molecule has 204 valence electrons. The van der Waals surface area contributed by atoms with Gasteiger partial charge in [-0.25, -0.2) is 22.4 Å². The maximum atomic E-state index is 13.6. The third kappa shape index (κ3) is 4.84. The molecular formula is C29H27ClN6O3S. The molecule has 0 unspecified atom stereocenters. The number of hydrogen-bond donors (Lipinski definition) is 2. The molecule has 6 rings (SSSR count). The molecule has 40 heavy (non-hydrogen) atoms. The Kier molecular flexibility index (Phi) is 6.81. The number of carbonyl (C=O) groups excluding carboxylic acids is 1. The molecule has 2 aromatic heterocycles. The van der Waals surface area contributed by atoms with E-state index in [9.17, 15) is 13.2 Å². The summed E-state index contributed by atoms with van der Waals surface area (Å²) in [6.07, 6.45) is 9.10. The number of rotatable bonds is 6. The van der Waals surface area contributed by atoms with Gasteiger partial charge in [0.25, 0.3) is 15.9 Å². The maximum Gasteiger partial charge on any atom is 0.267 e. The second kappa shape index (κ2) is 10.4. The van der Waals surface area contributed by atoms with Crippen molar-refractivity contribution in [2.24, 2.45) is 0 Å². The number of hydrogen-bond acceptors (Lipinski definition) is 7. The number of nitrogens with one attached hydrogen (secondary N) is 1. The van der Waals surface area contributed by atoms with Crippen LogP contribution in [0.2, 0.25) is 5.02 Å². The Hall–Kier alpha value is -4.15. The predicted octanol–water partition coefficient (Wildman–Crippen LogP) is 4.70. The van der Waals surface area contributed by atoms with Crippen molar-refractivity contribution in [2.75, 3.05) is 24.1 Å². The summed E-state index contributed by atoms with van der Waals surface area (Å²) >= 11 is 6.58. The minimum Gasteiger partial charge on any atom is -0.399 e. The van der Waals surface area contributed by atoms with Crippen LogP contribution in [0.15, 0.2) is 78.0 Å². The second-order valence-electron chi connectivity index (χ2n) is 9.85. The number of fused-ring (bicyclic) bond motifs is 1. The van der Waals surface area contributed by atoms with E-state index in [1.807, 2.05) is 12.2 Å². The summed E-state index contributed by atoms with van der Waals surface area (Å²) in [6, 6.07) is 15.2. The third-order valence-electron chi connectivity index (χ3n) is 7.21. The van der Waals surface area contributed by atoms with Crippen LogP contribution in [0.4, 0.5) is 11.6 Å². The van der Waals surface area contributed by atoms with Crippen molar-refractivity contribution in [3.63, 3.8) is 0 Å². The summed E-state index contributed by atoms with van der Waals surface area (Å²) in [5.74, 6) is 0.305. The van der Waals surface area contributed by atoms with Crippen LogP contribution in [-0.2, 0) is 16.4 Å². The van der Waals surface area contributed by atoms with Crippen LogP contribution >= 0.6 is 11.6 Å². The Balaban J connectivity index is 1.28. The predicted molar refractivity (Wildman–Crippen MR) is 156 cm³/mol. The molecule has 0 bridgehead atoms. The fraction of sp³-hybridized carbons (Fsp3) is 0.207. The van der Waals surface area contributed by atoms with Crippen LogP contribution in [0.1, 0.15) is 34.5 Å². The number of amides is 1. The SMILES string of the molecule is Nc1ccc(C(=O)N2CC[C@H](Nc3ncc(Cl)c(-c4cn(S(=O)(=O)c5ccccc5)c5c4C=CCC5)n3)C2)cc1. The average molecular weight is 575 g/mol. The third-order valence-corrected chi connectivity index (χ3v) is 9.20. The van der Waals surface area contributed by atoms with E-state index in [0.717, 1.165) is 18.4 Å². The van der Waals surface area contributed by atoms with Gasteiger partial charge in [-0.3, -0.25) is 4.79 Å². The zero-order valence-corrected chi connectivity index (χ0v) is 23.1. The quantitative estimate of drug-likeness (QED) is 0.320. The van der Waals surface area contributed by atoms with E-state index in [4.69, 9.17) is 22.3 Å². The molecule has 1 aliphatic heterocycles. The maximum absolute atomic E-state index is 13.6. The number of anilines is 2. The van der Waals surface area contributed by atoms with Gasteiger partial charge in [0, 0.05) is 53.4 Å². The summed E-state index contributed by atoms with van der Waals surface area (Å²) in [6.45, 7) is 1.09. The first-order chi connectivity index (χ1) is 19.3. The Morgan fingerprint density at radius 2 is 1.88 bits per heavy atom. The van der Waals surface area contributed by atoms with Gasteiger partial charge >= 0.3 is 0 Å². The Morgan fingerprint density at radius 3 is 2.65 bits per heavy atom. The molecule has 3 heterocycles. The zero-order valence-electron chi connectivity index (χ0n) is 21.5. The van der Waals surface area contributed by atoms with Gasteiger partial charge in [-0.15, -0.1) is 0 Å². The highest BCUT2D eigenvalue weighted by atomic mass is 35.5. The molecule has 0 spiro atoms. The molecule has 1 atom stereocenters. The van der Waals surface area contributed by atoms with E-state index in [1.165, 1.54) is 10.2 Å². The molecule has 0 saturated carbocycles. The number of nitrogens with two attached hydrogens (primary N) is 1. The fourth-order valence-corrected chi connectivity index (χ4v) is 6.82. The molecular weight excluding hydrogens is 548 g/mol. The monoisotopic (exact) mass is 574 g/mol. The Labute approximate surface area is 237 Å². The van der Waals surface area contributed by atoms with Crippen molar-refractivity contribution in [3.05, 3.63) is 94.9 Å². The first-order valence-electron chi connectivity index (χ1n) is 13.0. The summed E-state index contributed by atoms with van der Waals surface area (Å²) in [4.78, 5) is 24.0. The Bertz CT molecular complexity index is 1720. The lowest BCUT2D eigenvalue weighted by Gasteiger charge is -2.17. The first kappa shape index (κ1) is 26.1. The van der Waals surface area contributed by atoms with Gasteiger partial charge in [0.05, 0.1) is 21.8 Å². The summed E-state index contributed by atoms with van der Waals surface area (Å²) in [5, 5.41) is 3.64. The largest absolute Gasteiger partial charge is 0.399 e. The average Bonchev–Trinajstić information content (AvgIpc) is 3.60. The zero-order chi connectivity index (χ0) is 27.9. The smallest absolute Gasteiger partial charge is 0.267 e. The van der Waals surface area contributed by atoms with Crippen molar-refractivity contribution in [1.29, 1.82) is 0 Å². The molecule has 11 heteroatoms. The molecule has 3 N–H and O–H groups in total. The molecule has 4 aromatic rings. The molecule has 1 aliphatic carbocycles. The van der Waals surface area contributed by atoms with Gasteiger partial charge in [0.1, 0.15) is 0 Å². The first-order valence-corrected chi connectivity index (χ1v) is 14.8. The number of nitrogen functional groups attached to an aromatic ring is 1. The normalized spacial score (nSPS) is 16.6. The summed E-state index contributed by atoms with van der Waals surface area (Å²) < 4.78 is 28.5. The Morgan fingerprint density at radius 1 is 1.10 bits per heavy atom. The highest BCUT2D eigenvalue weighted by Gasteiger charge is 2.29. The van der Waals surface area contributed by atoms with E-state index in [2.05, 4.69) is 10.3 Å². The minimum absolute atomic E-state index is 0.0522. The van der Waals surface area contributed by atoms with Crippen LogP contribution < -0.4 is 11.1 Å². The number of benzene rings is 2. The number of aromatic nitrogens is 3. The van der Waals surface area contributed by atoms with Gasteiger partial charge in [-0.2, -0.15) is 0 Å². The second-order valence-corrected chi connectivity index (χ2v) is 12.1.